The van der Waals surface area contributed by atoms with E-state index in [1.807, 2.05) is 0 Å². The van der Waals surface area contributed by atoms with Crippen molar-refractivity contribution in [1.29, 1.82) is 0 Å². The van der Waals surface area contributed by atoms with Crippen LogP contribution in [-0.4, -0.2) is 0 Å². The average molecular weight is 354 g/mol. The van der Waals surface area contributed by atoms with Crippen molar-refractivity contribution < 1.29 is 8.78 Å². The molecule has 1 unspecified atom stereocenters. The van der Waals surface area contributed by atoms with Gasteiger partial charge in [-0.15, -0.1) is 0 Å². The first-order valence-electron chi connectivity index (χ1n) is 10.2. The summed E-state index contributed by atoms with van der Waals surface area (Å²) in [6.45, 7) is 2.31. The molecule has 1 saturated carbocycles. The van der Waals surface area contributed by atoms with Crippen molar-refractivity contribution in [2.75, 3.05) is 0 Å². The van der Waals surface area contributed by atoms with Crippen LogP contribution >= 0.6 is 0 Å². The van der Waals surface area contributed by atoms with E-state index in [9.17, 15) is 8.78 Å². The lowest BCUT2D eigenvalue weighted by molar-refractivity contribution is 0.319. The number of halogens is 2. The van der Waals surface area contributed by atoms with Gasteiger partial charge >= 0.3 is 0 Å². The van der Waals surface area contributed by atoms with Gasteiger partial charge in [-0.1, -0.05) is 37.6 Å². The van der Waals surface area contributed by atoms with Crippen molar-refractivity contribution >= 4 is 0 Å². The summed E-state index contributed by atoms with van der Waals surface area (Å²) in [5.74, 6) is 0.623. The topological polar surface area (TPSA) is 0 Å². The Bertz CT molecular complexity index is 755. The van der Waals surface area contributed by atoms with Crippen LogP contribution in [-0.2, 0) is 12.8 Å². The quantitative estimate of drug-likeness (QED) is 0.561. The van der Waals surface area contributed by atoms with E-state index < -0.39 is 11.6 Å². The Kier molecular flexibility index (Phi) is 5.11. The standard InChI is InChI=1S/C24H28F2/c1-2-16-3-5-17(6-4-16)18-7-9-19(10-8-18)20-11-12-21-14-23(25)24(26)15-22(21)13-20/h7-10,14-17,20H,2-6,11-13H2,1H3. The second-order valence-corrected chi connectivity index (χ2v) is 8.27. The smallest absolute Gasteiger partial charge is 0.159 e. The van der Waals surface area contributed by atoms with Gasteiger partial charge in [-0.3, -0.25) is 0 Å². The summed E-state index contributed by atoms with van der Waals surface area (Å²) >= 11 is 0. The van der Waals surface area contributed by atoms with Crippen LogP contribution in [0.25, 0.3) is 0 Å². The summed E-state index contributed by atoms with van der Waals surface area (Å²) in [4.78, 5) is 0. The van der Waals surface area contributed by atoms with Crippen LogP contribution in [0.5, 0.6) is 0 Å². The molecule has 0 heterocycles. The van der Waals surface area contributed by atoms with Crippen molar-refractivity contribution in [2.24, 2.45) is 5.92 Å². The molecule has 0 radical (unpaired) electrons. The normalized spacial score (nSPS) is 25.7. The predicted molar refractivity (Wildman–Crippen MR) is 103 cm³/mol. The molecule has 2 aliphatic rings. The molecule has 4 rings (SSSR count). The fourth-order valence-corrected chi connectivity index (χ4v) is 4.98. The monoisotopic (exact) mass is 354 g/mol. The van der Waals surface area contributed by atoms with Crippen LogP contribution < -0.4 is 0 Å². The van der Waals surface area contributed by atoms with Gasteiger partial charge < -0.3 is 0 Å². The SMILES string of the molecule is CCC1CCC(c2ccc(C3CCc4cc(F)c(F)cc4C3)cc2)CC1. The molecular weight excluding hydrogens is 326 g/mol. The third-order valence-corrected chi connectivity index (χ3v) is 6.77. The van der Waals surface area contributed by atoms with Crippen LogP contribution in [0.15, 0.2) is 36.4 Å². The Morgan fingerprint density at radius 2 is 1.35 bits per heavy atom. The second kappa shape index (κ2) is 7.50. The minimum Gasteiger partial charge on any atom is -0.204 e. The lowest BCUT2D eigenvalue weighted by Crippen LogP contribution is -2.14. The molecule has 0 nitrogen and oxygen atoms in total. The highest BCUT2D eigenvalue weighted by Crippen LogP contribution is 2.38. The third-order valence-electron chi connectivity index (χ3n) is 6.77. The Labute approximate surface area is 155 Å². The highest BCUT2D eigenvalue weighted by Gasteiger charge is 2.24. The van der Waals surface area contributed by atoms with E-state index in [0.29, 0.717) is 5.92 Å². The maximum atomic E-state index is 13.6. The number of hydrogen-bond donors (Lipinski definition) is 0. The predicted octanol–water partition coefficient (Wildman–Crippen LogP) is 6.92. The van der Waals surface area contributed by atoms with E-state index in [2.05, 4.69) is 31.2 Å². The minimum atomic E-state index is -0.720. The molecule has 0 aliphatic heterocycles. The van der Waals surface area contributed by atoms with Gasteiger partial charge in [-0.2, -0.15) is 0 Å². The lowest BCUT2D eigenvalue weighted by Gasteiger charge is -2.29. The van der Waals surface area contributed by atoms with E-state index in [1.54, 1.807) is 0 Å². The number of aryl methyl sites for hydroxylation is 1. The lowest BCUT2D eigenvalue weighted by atomic mass is 9.76. The third kappa shape index (κ3) is 3.56. The first kappa shape index (κ1) is 17.7. The van der Waals surface area contributed by atoms with Gasteiger partial charge in [-0.05, 0) is 97.1 Å². The number of hydrogen-bond acceptors (Lipinski definition) is 0. The molecular formula is C24H28F2. The van der Waals surface area contributed by atoms with Crippen LogP contribution in [0.4, 0.5) is 8.78 Å². The molecule has 2 aromatic rings. The van der Waals surface area contributed by atoms with Gasteiger partial charge in [0.05, 0.1) is 0 Å². The van der Waals surface area contributed by atoms with E-state index in [0.717, 1.165) is 42.2 Å². The van der Waals surface area contributed by atoms with E-state index >= 15 is 0 Å². The van der Waals surface area contributed by atoms with E-state index in [-0.39, 0.29) is 0 Å². The molecule has 1 fully saturated rings. The van der Waals surface area contributed by atoms with Crippen molar-refractivity contribution in [3.63, 3.8) is 0 Å². The Morgan fingerprint density at radius 1 is 0.769 bits per heavy atom. The molecule has 0 bridgehead atoms. The number of fused-ring (bicyclic) bond motifs is 1. The Balaban J connectivity index is 1.45. The fourth-order valence-electron chi connectivity index (χ4n) is 4.98. The maximum Gasteiger partial charge on any atom is 0.159 e. The largest absolute Gasteiger partial charge is 0.204 e. The van der Waals surface area contributed by atoms with Crippen molar-refractivity contribution in [3.8, 4) is 0 Å². The summed E-state index contributed by atoms with van der Waals surface area (Å²) in [6, 6.07) is 12.0. The zero-order valence-corrected chi connectivity index (χ0v) is 15.6. The zero-order valence-electron chi connectivity index (χ0n) is 15.6. The maximum absolute atomic E-state index is 13.6. The molecule has 2 aromatic carbocycles. The average Bonchev–Trinajstić information content (AvgIpc) is 2.69. The van der Waals surface area contributed by atoms with Crippen LogP contribution in [0, 0.1) is 17.6 Å². The van der Waals surface area contributed by atoms with Crippen LogP contribution in [0.3, 0.4) is 0 Å². The van der Waals surface area contributed by atoms with Crippen molar-refractivity contribution in [3.05, 3.63) is 70.3 Å². The number of benzene rings is 2. The summed E-state index contributed by atoms with van der Waals surface area (Å²) in [5.41, 5.74) is 4.77. The Hall–Kier alpha value is -1.70. The molecule has 138 valence electrons. The van der Waals surface area contributed by atoms with Gasteiger partial charge in [-0.25, -0.2) is 8.78 Å². The first-order chi connectivity index (χ1) is 12.6. The number of rotatable bonds is 3. The molecule has 1 atom stereocenters. The molecule has 0 N–H and O–H groups in total. The summed E-state index contributed by atoms with van der Waals surface area (Å²) in [7, 11) is 0. The van der Waals surface area contributed by atoms with Gasteiger partial charge in [0.25, 0.3) is 0 Å². The fraction of sp³-hybridized carbons (Fsp3) is 0.500. The molecule has 2 aliphatic carbocycles. The summed E-state index contributed by atoms with van der Waals surface area (Å²) in [5, 5.41) is 0. The molecule has 0 spiro atoms. The molecule has 0 aromatic heterocycles. The minimum absolute atomic E-state index is 0.414. The summed E-state index contributed by atoms with van der Waals surface area (Å²) < 4.78 is 27.0. The van der Waals surface area contributed by atoms with Crippen LogP contribution in [0.2, 0.25) is 0 Å². The first-order valence-corrected chi connectivity index (χ1v) is 10.2. The van der Waals surface area contributed by atoms with Crippen molar-refractivity contribution in [2.45, 2.75) is 70.1 Å². The highest BCUT2D eigenvalue weighted by molar-refractivity contribution is 5.36. The molecule has 0 amide bonds. The van der Waals surface area contributed by atoms with Gasteiger partial charge in [0.2, 0.25) is 0 Å². The second-order valence-electron chi connectivity index (χ2n) is 8.27. The molecule has 0 saturated heterocycles. The van der Waals surface area contributed by atoms with Crippen LogP contribution in [0.1, 0.15) is 79.5 Å². The zero-order chi connectivity index (χ0) is 18.1. The van der Waals surface area contributed by atoms with Gasteiger partial charge in [0.1, 0.15) is 0 Å². The van der Waals surface area contributed by atoms with E-state index in [4.69, 9.17) is 0 Å². The Morgan fingerprint density at radius 3 is 1.96 bits per heavy atom. The summed E-state index contributed by atoms with van der Waals surface area (Å²) in [6.07, 6.45) is 9.35. The highest BCUT2D eigenvalue weighted by atomic mass is 19.2. The van der Waals surface area contributed by atoms with Crippen molar-refractivity contribution in [1.82, 2.24) is 0 Å². The van der Waals surface area contributed by atoms with Gasteiger partial charge in [0, 0.05) is 0 Å². The van der Waals surface area contributed by atoms with E-state index in [1.165, 1.54) is 55.4 Å². The molecule has 26 heavy (non-hydrogen) atoms. The van der Waals surface area contributed by atoms with Gasteiger partial charge in [0.15, 0.2) is 11.6 Å². The molecule has 2 heteroatoms.